The molecule has 0 aromatic heterocycles. The Kier molecular flexibility index (Phi) is 6.21. The summed E-state index contributed by atoms with van der Waals surface area (Å²) in [4.78, 5) is 14.4. The zero-order valence-corrected chi connectivity index (χ0v) is 13.0. The summed E-state index contributed by atoms with van der Waals surface area (Å²) in [6, 6.07) is 7.76. The van der Waals surface area contributed by atoms with Gasteiger partial charge in [0, 0.05) is 25.3 Å². The molecule has 0 N–H and O–H groups in total. The molecule has 2 rings (SSSR count). The Hall–Kier alpha value is -1.39. The summed E-state index contributed by atoms with van der Waals surface area (Å²) < 4.78 is 11.1. The van der Waals surface area contributed by atoms with Crippen molar-refractivity contribution in [3.8, 4) is 0 Å². The van der Waals surface area contributed by atoms with E-state index < -0.39 is 0 Å². The van der Waals surface area contributed by atoms with Gasteiger partial charge < -0.3 is 14.4 Å². The van der Waals surface area contributed by atoms with Crippen LogP contribution in [0.25, 0.3) is 0 Å². The second kappa shape index (κ2) is 8.15. The summed E-state index contributed by atoms with van der Waals surface area (Å²) in [6.07, 6.45) is 2.15. The molecular weight excluding hydrogens is 266 g/mol. The van der Waals surface area contributed by atoms with E-state index in [9.17, 15) is 4.79 Å². The fraction of sp³-hybridized carbons (Fsp3) is 0.588. The van der Waals surface area contributed by atoms with Gasteiger partial charge in [-0.3, -0.25) is 4.79 Å². The van der Waals surface area contributed by atoms with Crippen molar-refractivity contribution in [3.63, 3.8) is 0 Å². The Labute approximate surface area is 127 Å². The Morgan fingerprint density at radius 1 is 1.29 bits per heavy atom. The van der Waals surface area contributed by atoms with E-state index in [0.717, 1.165) is 24.9 Å². The van der Waals surface area contributed by atoms with Crippen molar-refractivity contribution in [2.75, 3.05) is 32.9 Å². The van der Waals surface area contributed by atoms with E-state index in [1.807, 2.05) is 43.0 Å². The molecule has 116 valence electrons. The van der Waals surface area contributed by atoms with Crippen molar-refractivity contribution in [2.45, 2.75) is 32.8 Å². The van der Waals surface area contributed by atoms with Crippen LogP contribution in [0, 0.1) is 6.92 Å². The fourth-order valence-electron chi connectivity index (χ4n) is 2.56. The first-order valence-electron chi connectivity index (χ1n) is 7.76. The number of amides is 1. The molecule has 0 radical (unpaired) electrons. The van der Waals surface area contributed by atoms with Crippen LogP contribution in [0.1, 0.15) is 35.7 Å². The fourth-order valence-corrected chi connectivity index (χ4v) is 2.56. The van der Waals surface area contributed by atoms with Gasteiger partial charge in [-0.25, -0.2) is 0 Å². The number of hydrogen-bond acceptors (Lipinski definition) is 3. The number of nitrogens with zero attached hydrogens (tertiary/aromatic N) is 1. The van der Waals surface area contributed by atoms with Crippen LogP contribution in [0.2, 0.25) is 0 Å². The predicted molar refractivity (Wildman–Crippen MR) is 82.5 cm³/mol. The minimum Gasteiger partial charge on any atom is -0.379 e. The second-order valence-corrected chi connectivity index (χ2v) is 5.45. The van der Waals surface area contributed by atoms with Crippen LogP contribution in [0.3, 0.4) is 0 Å². The lowest BCUT2D eigenvalue weighted by Crippen LogP contribution is -2.43. The summed E-state index contributed by atoms with van der Waals surface area (Å²) in [5.74, 6) is 0.105. The molecule has 1 aromatic rings. The topological polar surface area (TPSA) is 38.8 Å². The number of likely N-dealkylation sites (tertiary alicyclic amines) is 1. The Morgan fingerprint density at radius 3 is 2.76 bits per heavy atom. The van der Waals surface area contributed by atoms with Gasteiger partial charge in [0.2, 0.25) is 0 Å². The Morgan fingerprint density at radius 2 is 2.05 bits per heavy atom. The van der Waals surface area contributed by atoms with Crippen LogP contribution in [0.4, 0.5) is 0 Å². The normalized spacial score (nSPS) is 18.8. The Balaban J connectivity index is 1.85. The maximum absolute atomic E-state index is 12.5. The molecule has 1 fully saturated rings. The number of ether oxygens (including phenoxy) is 2. The quantitative estimate of drug-likeness (QED) is 0.756. The number of carbonyl (C=O) groups excluding carboxylic acids is 1. The van der Waals surface area contributed by atoms with Crippen molar-refractivity contribution in [3.05, 3.63) is 35.4 Å². The van der Waals surface area contributed by atoms with E-state index in [0.29, 0.717) is 26.4 Å². The van der Waals surface area contributed by atoms with E-state index in [2.05, 4.69) is 0 Å². The first-order valence-corrected chi connectivity index (χ1v) is 7.76. The average Bonchev–Trinajstić information content (AvgIpc) is 2.52. The highest BCUT2D eigenvalue weighted by atomic mass is 16.5. The molecule has 0 saturated carbocycles. The molecule has 0 bridgehead atoms. The molecule has 21 heavy (non-hydrogen) atoms. The van der Waals surface area contributed by atoms with Crippen LogP contribution in [-0.2, 0) is 9.47 Å². The minimum absolute atomic E-state index is 0.105. The maximum atomic E-state index is 12.5. The zero-order valence-electron chi connectivity index (χ0n) is 13.0. The van der Waals surface area contributed by atoms with Crippen molar-refractivity contribution in [1.82, 2.24) is 4.90 Å². The van der Waals surface area contributed by atoms with Gasteiger partial charge in [0.1, 0.15) is 0 Å². The third kappa shape index (κ3) is 4.83. The third-order valence-electron chi connectivity index (χ3n) is 3.75. The van der Waals surface area contributed by atoms with Gasteiger partial charge in [-0.15, -0.1) is 0 Å². The molecule has 1 heterocycles. The van der Waals surface area contributed by atoms with Crippen LogP contribution in [0.15, 0.2) is 24.3 Å². The number of aryl methyl sites for hydroxylation is 1. The Bertz CT molecular complexity index is 444. The zero-order chi connectivity index (χ0) is 15.1. The smallest absolute Gasteiger partial charge is 0.253 e. The van der Waals surface area contributed by atoms with Gasteiger partial charge in [0.15, 0.2) is 0 Å². The first kappa shape index (κ1) is 16.0. The predicted octanol–water partition coefficient (Wildman–Crippen LogP) is 2.65. The molecule has 1 aliphatic heterocycles. The summed E-state index contributed by atoms with van der Waals surface area (Å²) in [6.45, 7) is 7.44. The molecule has 0 aliphatic carbocycles. The van der Waals surface area contributed by atoms with Gasteiger partial charge in [-0.2, -0.15) is 0 Å². The van der Waals surface area contributed by atoms with E-state index in [1.165, 1.54) is 5.56 Å². The molecule has 1 atom stereocenters. The van der Waals surface area contributed by atoms with E-state index in [4.69, 9.17) is 9.47 Å². The van der Waals surface area contributed by atoms with Crippen LogP contribution < -0.4 is 0 Å². The highest BCUT2D eigenvalue weighted by Gasteiger charge is 2.24. The molecule has 1 saturated heterocycles. The van der Waals surface area contributed by atoms with Crippen LogP contribution in [-0.4, -0.2) is 49.8 Å². The second-order valence-electron chi connectivity index (χ2n) is 5.45. The number of carbonyl (C=O) groups is 1. The van der Waals surface area contributed by atoms with Crippen molar-refractivity contribution >= 4 is 5.91 Å². The molecule has 1 amide bonds. The number of hydrogen-bond donors (Lipinski definition) is 0. The largest absolute Gasteiger partial charge is 0.379 e. The van der Waals surface area contributed by atoms with Crippen molar-refractivity contribution in [1.29, 1.82) is 0 Å². The van der Waals surface area contributed by atoms with Crippen molar-refractivity contribution < 1.29 is 14.3 Å². The molecule has 1 aliphatic rings. The summed E-state index contributed by atoms with van der Waals surface area (Å²) >= 11 is 0. The maximum Gasteiger partial charge on any atom is 0.253 e. The van der Waals surface area contributed by atoms with Gasteiger partial charge in [-0.05, 0) is 38.8 Å². The van der Waals surface area contributed by atoms with E-state index >= 15 is 0 Å². The van der Waals surface area contributed by atoms with Gasteiger partial charge in [0.25, 0.3) is 5.91 Å². The monoisotopic (exact) mass is 291 g/mol. The number of piperidine rings is 1. The van der Waals surface area contributed by atoms with Crippen LogP contribution in [0.5, 0.6) is 0 Å². The lowest BCUT2D eigenvalue weighted by molar-refractivity contribution is -0.0226. The standard InChI is InChI=1S/C17H25NO3/c1-3-20-11-12-21-16-5-4-10-18(13-16)17(19)15-8-6-14(2)7-9-15/h6-9,16H,3-5,10-13H2,1-2H3. The number of rotatable bonds is 6. The molecular formula is C17H25NO3. The lowest BCUT2D eigenvalue weighted by atomic mass is 10.1. The highest BCUT2D eigenvalue weighted by Crippen LogP contribution is 2.16. The average molecular weight is 291 g/mol. The number of benzene rings is 1. The summed E-state index contributed by atoms with van der Waals surface area (Å²) in [5.41, 5.74) is 1.93. The highest BCUT2D eigenvalue weighted by molar-refractivity contribution is 5.94. The van der Waals surface area contributed by atoms with Gasteiger partial charge >= 0.3 is 0 Å². The van der Waals surface area contributed by atoms with Gasteiger partial charge in [0.05, 0.1) is 19.3 Å². The van der Waals surface area contributed by atoms with Crippen LogP contribution >= 0.6 is 0 Å². The molecule has 4 nitrogen and oxygen atoms in total. The minimum atomic E-state index is 0.105. The lowest BCUT2D eigenvalue weighted by Gasteiger charge is -2.32. The SMILES string of the molecule is CCOCCOC1CCCN(C(=O)c2ccc(C)cc2)C1. The first-order chi connectivity index (χ1) is 10.2. The molecule has 4 heteroatoms. The third-order valence-corrected chi connectivity index (χ3v) is 3.75. The molecule has 1 unspecified atom stereocenters. The summed E-state index contributed by atoms with van der Waals surface area (Å²) in [5, 5.41) is 0. The molecule has 1 aromatic carbocycles. The van der Waals surface area contributed by atoms with Gasteiger partial charge in [-0.1, -0.05) is 17.7 Å². The van der Waals surface area contributed by atoms with E-state index in [-0.39, 0.29) is 12.0 Å². The molecule has 0 spiro atoms. The summed E-state index contributed by atoms with van der Waals surface area (Å²) in [7, 11) is 0. The van der Waals surface area contributed by atoms with E-state index in [1.54, 1.807) is 0 Å². The van der Waals surface area contributed by atoms with Crippen molar-refractivity contribution in [2.24, 2.45) is 0 Å².